The smallest absolute Gasteiger partial charge is 0.165 e. The number of hydrogen-bond donors (Lipinski definition) is 2. The average Bonchev–Trinajstić information content (AvgIpc) is 2.86. The highest BCUT2D eigenvalue weighted by atomic mass is 35.5. The number of halogens is 3. The molecule has 1 saturated heterocycles. The van der Waals surface area contributed by atoms with Gasteiger partial charge in [0.1, 0.15) is 42.2 Å². The minimum absolute atomic E-state index is 0.0185. The van der Waals surface area contributed by atoms with Crippen LogP contribution in [-0.4, -0.2) is 54.3 Å². The predicted molar refractivity (Wildman–Crippen MR) is 142 cm³/mol. The Hall–Kier alpha value is -3.73. The Kier molecular flexibility index (Phi) is 7.46. The van der Waals surface area contributed by atoms with Crippen LogP contribution in [0, 0.1) is 11.6 Å². The van der Waals surface area contributed by atoms with Crippen LogP contribution in [0.5, 0.6) is 11.5 Å². The molecule has 0 unspecified atom stereocenters. The summed E-state index contributed by atoms with van der Waals surface area (Å²) in [5, 5.41) is 0.661. The lowest BCUT2D eigenvalue weighted by atomic mass is 10.1. The molecule has 0 aliphatic carbocycles. The van der Waals surface area contributed by atoms with Gasteiger partial charge < -0.3 is 25.7 Å². The van der Waals surface area contributed by atoms with Crippen LogP contribution in [0.4, 0.5) is 20.3 Å². The standard InChI is InChI=1S/C27H26ClF2N5O3/c1-36-17-12-35(13-17)5-6-37-25-11-23-19(9-22(25)31)26(32)34-27(33-23)18-8-20(28)24(10-21(18)30)38-14-15-3-2-4-16(29)7-15/h2-4,7-11,17H,5-6,12-14,31H2,1H3,(H2,32,33,34). The van der Waals surface area contributed by atoms with Gasteiger partial charge in [-0.25, -0.2) is 18.7 Å². The summed E-state index contributed by atoms with van der Waals surface area (Å²) in [6.07, 6.45) is 0.266. The van der Waals surface area contributed by atoms with Crippen molar-refractivity contribution >= 4 is 34.0 Å². The highest BCUT2D eigenvalue weighted by Gasteiger charge is 2.25. The fraction of sp³-hybridized carbons (Fsp3) is 0.259. The first-order valence-electron chi connectivity index (χ1n) is 11.9. The Morgan fingerprint density at radius 1 is 1.03 bits per heavy atom. The van der Waals surface area contributed by atoms with Crippen molar-refractivity contribution in [2.24, 2.45) is 0 Å². The number of anilines is 2. The third kappa shape index (κ3) is 5.57. The van der Waals surface area contributed by atoms with Crippen LogP contribution in [0.1, 0.15) is 5.56 Å². The zero-order chi connectivity index (χ0) is 26.8. The van der Waals surface area contributed by atoms with Gasteiger partial charge in [-0.3, -0.25) is 4.90 Å². The lowest BCUT2D eigenvalue weighted by molar-refractivity contribution is -0.0333. The van der Waals surface area contributed by atoms with Crippen molar-refractivity contribution in [1.82, 2.24) is 14.9 Å². The van der Waals surface area contributed by atoms with E-state index in [4.69, 9.17) is 37.3 Å². The maximum atomic E-state index is 15.1. The highest BCUT2D eigenvalue weighted by Crippen LogP contribution is 2.35. The van der Waals surface area contributed by atoms with Crippen LogP contribution in [0.3, 0.4) is 0 Å². The molecule has 1 fully saturated rings. The van der Waals surface area contributed by atoms with E-state index in [1.165, 1.54) is 18.2 Å². The van der Waals surface area contributed by atoms with Crippen LogP contribution in [0.15, 0.2) is 48.5 Å². The minimum Gasteiger partial charge on any atom is -0.490 e. The molecule has 0 saturated carbocycles. The number of nitrogens with zero attached hydrogens (tertiary/aromatic N) is 3. The number of likely N-dealkylation sites (tertiary alicyclic amines) is 1. The molecule has 0 bridgehead atoms. The maximum Gasteiger partial charge on any atom is 0.165 e. The lowest BCUT2D eigenvalue weighted by Crippen LogP contribution is -2.52. The Bertz CT molecular complexity index is 1480. The first-order valence-corrected chi connectivity index (χ1v) is 12.3. The number of rotatable bonds is 9. The summed E-state index contributed by atoms with van der Waals surface area (Å²) in [6, 6.07) is 11.7. The molecule has 5 rings (SSSR count). The van der Waals surface area contributed by atoms with Crippen molar-refractivity contribution in [1.29, 1.82) is 0 Å². The number of nitrogens with two attached hydrogens (primary N) is 2. The molecule has 4 N–H and O–H groups in total. The highest BCUT2D eigenvalue weighted by molar-refractivity contribution is 6.32. The van der Waals surface area contributed by atoms with Gasteiger partial charge in [0.15, 0.2) is 5.82 Å². The zero-order valence-electron chi connectivity index (χ0n) is 20.6. The number of hydrogen-bond acceptors (Lipinski definition) is 8. The first-order chi connectivity index (χ1) is 18.3. The normalized spacial score (nSPS) is 14.0. The molecule has 1 aliphatic heterocycles. The van der Waals surface area contributed by atoms with Gasteiger partial charge in [0.25, 0.3) is 0 Å². The van der Waals surface area contributed by atoms with Crippen molar-refractivity contribution in [3.8, 4) is 22.9 Å². The van der Waals surface area contributed by atoms with E-state index in [0.29, 0.717) is 34.5 Å². The van der Waals surface area contributed by atoms with Crippen molar-refractivity contribution in [3.05, 3.63) is 70.8 Å². The Balaban J connectivity index is 1.35. The number of nitrogen functional groups attached to an aromatic ring is 2. The van der Waals surface area contributed by atoms with Gasteiger partial charge in [-0.2, -0.15) is 0 Å². The van der Waals surface area contributed by atoms with Gasteiger partial charge in [0.05, 0.1) is 27.9 Å². The molecule has 8 nitrogen and oxygen atoms in total. The van der Waals surface area contributed by atoms with Crippen molar-refractivity contribution in [2.75, 3.05) is 44.8 Å². The Morgan fingerprint density at radius 2 is 1.84 bits per heavy atom. The monoisotopic (exact) mass is 541 g/mol. The van der Waals surface area contributed by atoms with E-state index in [-0.39, 0.29) is 40.7 Å². The van der Waals surface area contributed by atoms with E-state index in [0.717, 1.165) is 25.7 Å². The van der Waals surface area contributed by atoms with Crippen molar-refractivity contribution < 1.29 is 23.0 Å². The van der Waals surface area contributed by atoms with E-state index in [9.17, 15) is 4.39 Å². The van der Waals surface area contributed by atoms with E-state index < -0.39 is 11.6 Å². The molecule has 4 aromatic rings. The molecule has 1 aliphatic rings. The van der Waals surface area contributed by atoms with E-state index in [2.05, 4.69) is 14.9 Å². The summed E-state index contributed by atoms with van der Waals surface area (Å²) >= 11 is 6.37. The third-order valence-corrected chi connectivity index (χ3v) is 6.62. The van der Waals surface area contributed by atoms with Crippen LogP contribution in [-0.2, 0) is 11.3 Å². The summed E-state index contributed by atoms with van der Waals surface area (Å²) in [6.45, 7) is 2.91. The van der Waals surface area contributed by atoms with E-state index in [1.54, 1.807) is 31.4 Å². The first kappa shape index (κ1) is 25.9. The maximum absolute atomic E-state index is 15.1. The van der Waals surface area contributed by atoms with Gasteiger partial charge in [-0.15, -0.1) is 0 Å². The molecule has 38 heavy (non-hydrogen) atoms. The topological polar surface area (TPSA) is 109 Å². The molecule has 0 radical (unpaired) electrons. The molecular weight excluding hydrogens is 516 g/mol. The molecule has 0 amide bonds. The number of fused-ring (bicyclic) bond motifs is 1. The number of methoxy groups -OCH3 is 1. The Labute approximate surface area is 223 Å². The van der Waals surface area contributed by atoms with Crippen LogP contribution >= 0.6 is 11.6 Å². The number of ether oxygens (including phenoxy) is 3. The molecule has 2 heterocycles. The largest absolute Gasteiger partial charge is 0.490 e. The van der Waals surface area contributed by atoms with Crippen molar-refractivity contribution in [3.63, 3.8) is 0 Å². The number of benzene rings is 3. The summed E-state index contributed by atoms with van der Waals surface area (Å²) in [7, 11) is 1.70. The molecule has 11 heteroatoms. The second-order valence-corrected chi connectivity index (χ2v) is 9.39. The van der Waals surface area contributed by atoms with Gasteiger partial charge in [-0.05, 0) is 29.8 Å². The number of aromatic nitrogens is 2. The summed E-state index contributed by atoms with van der Waals surface area (Å²) in [4.78, 5) is 11.0. The molecule has 0 spiro atoms. The summed E-state index contributed by atoms with van der Waals surface area (Å²) in [5.74, 6) is -0.308. The predicted octanol–water partition coefficient (Wildman–Crippen LogP) is 4.68. The minimum atomic E-state index is -0.654. The second-order valence-electron chi connectivity index (χ2n) is 8.99. The molecular formula is C27H26ClF2N5O3. The van der Waals surface area contributed by atoms with Crippen LogP contribution in [0.2, 0.25) is 5.02 Å². The van der Waals surface area contributed by atoms with Gasteiger partial charge in [0, 0.05) is 44.3 Å². The summed E-state index contributed by atoms with van der Waals surface area (Å²) in [5.41, 5.74) is 13.8. The lowest BCUT2D eigenvalue weighted by Gasteiger charge is -2.37. The second kappa shape index (κ2) is 10.9. The Morgan fingerprint density at radius 3 is 2.61 bits per heavy atom. The van der Waals surface area contributed by atoms with Gasteiger partial charge in [0.2, 0.25) is 0 Å². The summed E-state index contributed by atoms with van der Waals surface area (Å²) < 4.78 is 45.3. The SMILES string of the molecule is COC1CN(CCOc2cc3nc(-c4cc(Cl)c(OCc5cccc(F)c5)cc4F)nc(N)c3cc2N)C1. The molecule has 198 valence electrons. The molecule has 0 atom stereocenters. The molecule has 1 aromatic heterocycles. The average molecular weight is 542 g/mol. The van der Waals surface area contributed by atoms with E-state index in [1.807, 2.05) is 0 Å². The zero-order valence-corrected chi connectivity index (χ0v) is 21.3. The van der Waals surface area contributed by atoms with Crippen LogP contribution < -0.4 is 20.9 Å². The fourth-order valence-electron chi connectivity index (χ4n) is 4.18. The van der Waals surface area contributed by atoms with Crippen LogP contribution in [0.25, 0.3) is 22.3 Å². The van der Waals surface area contributed by atoms with Gasteiger partial charge in [-0.1, -0.05) is 23.7 Å². The fourth-order valence-corrected chi connectivity index (χ4v) is 4.40. The molecule has 3 aromatic carbocycles. The van der Waals surface area contributed by atoms with E-state index >= 15 is 4.39 Å². The van der Waals surface area contributed by atoms with Crippen molar-refractivity contribution in [2.45, 2.75) is 12.7 Å². The quantitative estimate of drug-likeness (QED) is 0.294. The third-order valence-electron chi connectivity index (χ3n) is 6.32. The van der Waals surface area contributed by atoms with Gasteiger partial charge >= 0.3 is 0 Å².